The van der Waals surface area contributed by atoms with Crippen LogP contribution in [0.1, 0.15) is 53.9 Å². The fourth-order valence-electron chi connectivity index (χ4n) is 1.56. The second kappa shape index (κ2) is 4.86. The molecule has 0 aliphatic carbocycles. The molecule has 0 heterocycles. The first-order chi connectivity index (χ1) is 5.44. The van der Waals surface area contributed by atoms with E-state index in [1.165, 1.54) is 12.8 Å². The Morgan fingerprint density at radius 2 is 1.67 bits per heavy atom. The highest BCUT2D eigenvalue weighted by Crippen LogP contribution is 2.25. The standard InChI is InChI=1S/C11H25N/c1-6-9(3)8-11(5,12)10(4)7-2/h9-10H,6-8,12H2,1-5H3. The Morgan fingerprint density at radius 3 is 2.00 bits per heavy atom. The molecule has 0 saturated heterocycles. The van der Waals surface area contributed by atoms with Crippen molar-refractivity contribution in [2.45, 2.75) is 59.4 Å². The van der Waals surface area contributed by atoms with Gasteiger partial charge < -0.3 is 5.73 Å². The summed E-state index contributed by atoms with van der Waals surface area (Å²) in [5, 5.41) is 0. The van der Waals surface area contributed by atoms with Gasteiger partial charge in [0.05, 0.1) is 0 Å². The van der Waals surface area contributed by atoms with Crippen LogP contribution in [0.5, 0.6) is 0 Å². The van der Waals surface area contributed by atoms with Crippen LogP contribution >= 0.6 is 0 Å². The van der Waals surface area contributed by atoms with Gasteiger partial charge in [-0.15, -0.1) is 0 Å². The van der Waals surface area contributed by atoms with E-state index in [1.807, 2.05) is 0 Å². The molecule has 0 saturated carbocycles. The molecule has 2 N–H and O–H groups in total. The summed E-state index contributed by atoms with van der Waals surface area (Å²) in [4.78, 5) is 0. The van der Waals surface area contributed by atoms with Gasteiger partial charge >= 0.3 is 0 Å². The van der Waals surface area contributed by atoms with E-state index in [9.17, 15) is 0 Å². The molecule has 0 rings (SSSR count). The molecule has 0 bridgehead atoms. The maximum Gasteiger partial charge on any atom is 0.0154 e. The van der Waals surface area contributed by atoms with Crippen molar-refractivity contribution in [1.82, 2.24) is 0 Å². The second-order valence-electron chi connectivity index (χ2n) is 4.53. The summed E-state index contributed by atoms with van der Waals surface area (Å²) in [5.41, 5.74) is 6.28. The van der Waals surface area contributed by atoms with E-state index in [-0.39, 0.29) is 5.54 Å². The molecule has 1 nitrogen and oxygen atoms in total. The van der Waals surface area contributed by atoms with E-state index in [0.29, 0.717) is 5.92 Å². The van der Waals surface area contributed by atoms with E-state index < -0.39 is 0 Å². The molecule has 0 fully saturated rings. The van der Waals surface area contributed by atoms with Gasteiger partial charge in [-0.05, 0) is 25.2 Å². The van der Waals surface area contributed by atoms with E-state index in [0.717, 1.165) is 12.3 Å². The van der Waals surface area contributed by atoms with Crippen molar-refractivity contribution in [2.24, 2.45) is 17.6 Å². The lowest BCUT2D eigenvalue weighted by molar-refractivity contribution is 0.248. The topological polar surface area (TPSA) is 26.0 Å². The van der Waals surface area contributed by atoms with Crippen molar-refractivity contribution >= 4 is 0 Å². The highest BCUT2D eigenvalue weighted by Gasteiger charge is 2.26. The van der Waals surface area contributed by atoms with E-state index in [4.69, 9.17) is 5.73 Å². The SMILES string of the molecule is CCC(C)CC(C)(N)C(C)CC. The van der Waals surface area contributed by atoms with Crippen molar-refractivity contribution in [1.29, 1.82) is 0 Å². The third kappa shape index (κ3) is 3.57. The van der Waals surface area contributed by atoms with Crippen molar-refractivity contribution in [3.05, 3.63) is 0 Å². The Balaban J connectivity index is 4.02. The lowest BCUT2D eigenvalue weighted by Crippen LogP contribution is -2.44. The van der Waals surface area contributed by atoms with Gasteiger partial charge in [0.1, 0.15) is 0 Å². The molecule has 3 unspecified atom stereocenters. The highest BCUT2D eigenvalue weighted by molar-refractivity contribution is 4.85. The Bertz CT molecular complexity index is 118. The molecule has 0 aliphatic heterocycles. The van der Waals surface area contributed by atoms with Crippen LogP contribution in [-0.2, 0) is 0 Å². The first-order valence-corrected chi connectivity index (χ1v) is 5.22. The van der Waals surface area contributed by atoms with Gasteiger partial charge in [-0.25, -0.2) is 0 Å². The normalized spacial score (nSPS) is 21.5. The summed E-state index contributed by atoms with van der Waals surface area (Å²) < 4.78 is 0. The zero-order valence-electron chi connectivity index (χ0n) is 9.35. The molecular weight excluding hydrogens is 146 g/mol. The van der Waals surface area contributed by atoms with Crippen LogP contribution in [0.15, 0.2) is 0 Å². The Labute approximate surface area is 77.7 Å². The van der Waals surface area contributed by atoms with E-state index in [2.05, 4.69) is 34.6 Å². The number of hydrogen-bond acceptors (Lipinski definition) is 1. The minimum Gasteiger partial charge on any atom is -0.325 e. The minimum absolute atomic E-state index is 0.0319. The van der Waals surface area contributed by atoms with Crippen LogP contribution in [0.3, 0.4) is 0 Å². The average Bonchev–Trinajstić information content (AvgIpc) is 2.02. The molecule has 0 amide bonds. The largest absolute Gasteiger partial charge is 0.325 e. The molecule has 0 radical (unpaired) electrons. The number of rotatable bonds is 5. The maximum absolute atomic E-state index is 6.25. The molecule has 0 aliphatic rings. The maximum atomic E-state index is 6.25. The molecule has 0 aromatic rings. The van der Waals surface area contributed by atoms with Crippen LogP contribution in [-0.4, -0.2) is 5.54 Å². The Kier molecular flexibility index (Phi) is 4.84. The van der Waals surface area contributed by atoms with Crippen LogP contribution in [0.2, 0.25) is 0 Å². The third-order valence-corrected chi connectivity index (χ3v) is 3.22. The smallest absolute Gasteiger partial charge is 0.0154 e. The molecule has 0 aromatic carbocycles. The monoisotopic (exact) mass is 171 g/mol. The van der Waals surface area contributed by atoms with Gasteiger partial charge in [0.2, 0.25) is 0 Å². The molecule has 1 heteroatoms. The lowest BCUT2D eigenvalue weighted by Gasteiger charge is -2.33. The molecule has 3 atom stereocenters. The number of hydrogen-bond donors (Lipinski definition) is 1. The minimum atomic E-state index is 0.0319. The zero-order valence-corrected chi connectivity index (χ0v) is 9.35. The molecule has 74 valence electrons. The van der Waals surface area contributed by atoms with Crippen molar-refractivity contribution in [3.8, 4) is 0 Å². The van der Waals surface area contributed by atoms with Crippen molar-refractivity contribution in [2.75, 3.05) is 0 Å². The summed E-state index contributed by atoms with van der Waals surface area (Å²) >= 11 is 0. The van der Waals surface area contributed by atoms with Gasteiger partial charge in [-0.1, -0.05) is 40.5 Å². The van der Waals surface area contributed by atoms with E-state index >= 15 is 0 Å². The van der Waals surface area contributed by atoms with Crippen LogP contribution < -0.4 is 5.73 Å². The molecule has 0 aromatic heterocycles. The molecular formula is C11H25N. The second-order valence-corrected chi connectivity index (χ2v) is 4.53. The third-order valence-electron chi connectivity index (χ3n) is 3.22. The van der Waals surface area contributed by atoms with Crippen molar-refractivity contribution in [3.63, 3.8) is 0 Å². The van der Waals surface area contributed by atoms with Crippen LogP contribution in [0, 0.1) is 11.8 Å². The first-order valence-electron chi connectivity index (χ1n) is 5.22. The van der Waals surface area contributed by atoms with Gasteiger partial charge in [0, 0.05) is 5.54 Å². The molecule has 12 heavy (non-hydrogen) atoms. The van der Waals surface area contributed by atoms with Crippen LogP contribution in [0.25, 0.3) is 0 Å². The summed E-state index contributed by atoms with van der Waals surface area (Å²) in [6, 6.07) is 0. The lowest BCUT2D eigenvalue weighted by atomic mass is 9.79. The summed E-state index contributed by atoms with van der Waals surface area (Å²) in [7, 11) is 0. The van der Waals surface area contributed by atoms with E-state index in [1.54, 1.807) is 0 Å². The summed E-state index contributed by atoms with van der Waals surface area (Å²) in [6.07, 6.45) is 3.57. The van der Waals surface area contributed by atoms with Crippen molar-refractivity contribution < 1.29 is 0 Å². The molecule has 0 spiro atoms. The average molecular weight is 171 g/mol. The predicted octanol–water partition coefficient (Wildman–Crippen LogP) is 3.19. The Morgan fingerprint density at radius 1 is 1.17 bits per heavy atom. The van der Waals surface area contributed by atoms with Gasteiger partial charge in [0.15, 0.2) is 0 Å². The summed E-state index contributed by atoms with van der Waals surface area (Å²) in [5.74, 6) is 1.39. The fraction of sp³-hybridized carbons (Fsp3) is 1.00. The quantitative estimate of drug-likeness (QED) is 0.675. The zero-order chi connectivity index (χ0) is 9.78. The predicted molar refractivity (Wildman–Crippen MR) is 56.1 cm³/mol. The van der Waals surface area contributed by atoms with Gasteiger partial charge in [0.25, 0.3) is 0 Å². The van der Waals surface area contributed by atoms with Gasteiger partial charge in [-0.3, -0.25) is 0 Å². The fourth-order valence-corrected chi connectivity index (χ4v) is 1.56. The Hall–Kier alpha value is -0.0400. The highest BCUT2D eigenvalue weighted by atomic mass is 14.7. The van der Waals surface area contributed by atoms with Crippen LogP contribution in [0.4, 0.5) is 0 Å². The van der Waals surface area contributed by atoms with Gasteiger partial charge in [-0.2, -0.15) is 0 Å². The number of nitrogens with two attached hydrogens (primary N) is 1. The first kappa shape index (κ1) is 12.0. The summed E-state index contributed by atoms with van der Waals surface area (Å²) in [6.45, 7) is 11.2.